The van der Waals surface area contributed by atoms with Gasteiger partial charge in [0.1, 0.15) is 5.71 Å². The van der Waals surface area contributed by atoms with Crippen LogP contribution in [0, 0.1) is 0 Å². The maximum atomic E-state index is 9.24. The first-order valence-electron chi connectivity index (χ1n) is 6.74. The van der Waals surface area contributed by atoms with Crippen LogP contribution in [0.1, 0.15) is 38.7 Å². The largest absolute Gasteiger partial charge is 0.411 e. The molecule has 1 heterocycles. The Labute approximate surface area is 109 Å². The molecular weight excluding hydrogens is 224 g/mol. The molecule has 98 valence electrons. The summed E-state index contributed by atoms with van der Waals surface area (Å²) in [4.78, 5) is 2.44. The minimum atomic E-state index is 0.564. The Morgan fingerprint density at radius 2 is 1.83 bits per heavy atom. The van der Waals surface area contributed by atoms with E-state index >= 15 is 0 Å². The lowest BCUT2D eigenvalue weighted by atomic mass is 9.96. The molecule has 3 heteroatoms. The van der Waals surface area contributed by atoms with Gasteiger partial charge in [0.2, 0.25) is 0 Å². The van der Waals surface area contributed by atoms with E-state index in [9.17, 15) is 5.21 Å². The fraction of sp³-hybridized carbons (Fsp3) is 0.533. The average molecular weight is 246 g/mol. The third-order valence-corrected chi connectivity index (χ3v) is 3.94. The molecule has 1 fully saturated rings. The van der Waals surface area contributed by atoms with Crippen molar-refractivity contribution in [2.45, 2.75) is 45.2 Å². The van der Waals surface area contributed by atoms with Gasteiger partial charge in [-0.25, -0.2) is 0 Å². The van der Waals surface area contributed by atoms with Crippen molar-refractivity contribution in [2.75, 3.05) is 6.54 Å². The Morgan fingerprint density at radius 3 is 2.39 bits per heavy atom. The molecule has 1 N–H and O–H groups in total. The van der Waals surface area contributed by atoms with Gasteiger partial charge in [-0.05, 0) is 26.7 Å². The summed E-state index contributed by atoms with van der Waals surface area (Å²) in [5, 5.41) is 12.7. The van der Waals surface area contributed by atoms with Crippen LogP contribution in [-0.4, -0.2) is 34.4 Å². The fourth-order valence-corrected chi connectivity index (χ4v) is 2.77. The van der Waals surface area contributed by atoms with E-state index in [4.69, 9.17) is 0 Å². The first kappa shape index (κ1) is 13.1. The van der Waals surface area contributed by atoms with Gasteiger partial charge < -0.3 is 5.21 Å². The van der Waals surface area contributed by atoms with Gasteiger partial charge in [-0.15, -0.1) is 0 Å². The summed E-state index contributed by atoms with van der Waals surface area (Å²) in [6, 6.07) is 11.0. The maximum Gasteiger partial charge on any atom is 0.101 e. The Morgan fingerprint density at radius 1 is 1.22 bits per heavy atom. The minimum absolute atomic E-state index is 0.564. The number of rotatable bonds is 3. The van der Waals surface area contributed by atoms with Crippen LogP contribution in [0.3, 0.4) is 0 Å². The fourth-order valence-electron chi connectivity index (χ4n) is 2.77. The van der Waals surface area contributed by atoms with Gasteiger partial charge in [-0.1, -0.05) is 41.9 Å². The summed E-state index contributed by atoms with van der Waals surface area (Å²) in [7, 11) is 0. The number of piperidine rings is 1. The third-order valence-electron chi connectivity index (χ3n) is 3.94. The van der Waals surface area contributed by atoms with E-state index in [1.165, 1.54) is 19.3 Å². The van der Waals surface area contributed by atoms with Crippen molar-refractivity contribution in [1.29, 1.82) is 0 Å². The van der Waals surface area contributed by atoms with Crippen molar-refractivity contribution in [3.63, 3.8) is 0 Å². The Kier molecular flexibility index (Phi) is 4.37. The van der Waals surface area contributed by atoms with Crippen molar-refractivity contribution >= 4 is 5.71 Å². The van der Waals surface area contributed by atoms with E-state index in [0.29, 0.717) is 12.1 Å². The molecule has 2 unspecified atom stereocenters. The van der Waals surface area contributed by atoms with Crippen LogP contribution in [0.2, 0.25) is 0 Å². The number of oxime groups is 1. The van der Waals surface area contributed by atoms with Gasteiger partial charge in [0, 0.05) is 24.2 Å². The van der Waals surface area contributed by atoms with Crippen molar-refractivity contribution in [2.24, 2.45) is 5.16 Å². The summed E-state index contributed by atoms with van der Waals surface area (Å²) in [6.07, 6.45) is 3.77. The predicted molar refractivity (Wildman–Crippen MR) is 74.2 cm³/mol. The topological polar surface area (TPSA) is 35.8 Å². The third kappa shape index (κ3) is 2.91. The number of hydrogen-bond donors (Lipinski definition) is 1. The molecule has 18 heavy (non-hydrogen) atoms. The highest BCUT2D eigenvalue weighted by Crippen LogP contribution is 2.22. The van der Waals surface area contributed by atoms with E-state index in [1.54, 1.807) is 0 Å². The molecule has 0 bridgehead atoms. The monoisotopic (exact) mass is 246 g/mol. The standard InChI is InChI=1S/C15H22N2O/c1-12-7-6-8-13(2)17(12)11-15(16-18)14-9-4-3-5-10-14/h3-5,9-10,12-13,18H,6-8,11H2,1-2H3/b16-15-. The normalized spacial score (nSPS) is 26.2. The van der Waals surface area contributed by atoms with Crippen molar-refractivity contribution in [1.82, 2.24) is 4.90 Å². The van der Waals surface area contributed by atoms with Gasteiger partial charge in [0.05, 0.1) is 0 Å². The van der Waals surface area contributed by atoms with Gasteiger partial charge in [-0.2, -0.15) is 0 Å². The first-order chi connectivity index (χ1) is 8.72. The summed E-state index contributed by atoms with van der Waals surface area (Å²) in [6.45, 7) is 5.24. The number of hydrogen-bond acceptors (Lipinski definition) is 3. The Bertz CT molecular complexity index is 392. The molecule has 0 radical (unpaired) electrons. The van der Waals surface area contributed by atoms with E-state index in [2.05, 4.69) is 23.9 Å². The molecule has 1 saturated heterocycles. The molecule has 0 spiro atoms. The van der Waals surface area contributed by atoms with Crippen molar-refractivity contribution in [3.8, 4) is 0 Å². The summed E-state index contributed by atoms with van der Waals surface area (Å²) in [5.41, 5.74) is 1.76. The molecule has 0 saturated carbocycles. The number of benzene rings is 1. The summed E-state index contributed by atoms with van der Waals surface area (Å²) in [5.74, 6) is 0. The molecule has 3 nitrogen and oxygen atoms in total. The summed E-state index contributed by atoms with van der Waals surface area (Å²) >= 11 is 0. The van der Waals surface area contributed by atoms with E-state index in [-0.39, 0.29) is 0 Å². The molecule has 0 amide bonds. The lowest BCUT2D eigenvalue weighted by molar-refractivity contribution is 0.123. The molecular formula is C15H22N2O. The predicted octanol–water partition coefficient (Wildman–Crippen LogP) is 3.13. The van der Waals surface area contributed by atoms with E-state index in [1.807, 2.05) is 30.3 Å². The lowest BCUT2D eigenvalue weighted by Crippen LogP contribution is -2.46. The van der Waals surface area contributed by atoms with Gasteiger partial charge in [0.15, 0.2) is 0 Å². The van der Waals surface area contributed by atoms with Crippen LogP contribution in [-0.2, 0) is 0 Å². The molecule has 2 rings (SSSR count). The van der Waals surface area contributed by atoms with Crippen molar-refractivity contribution in [3.05, 3.63) is 35.9 Å². The average Bonchev–Trinajstić information content (AvgIpc) is 2.40. The molecule has 0 aliphatic carbocycles. The number of nitrogens with zero attached hydrogens (tertiary/aromatic N) is 2. The van der Waals surface area contributed by atoms with Crippen LogP contribution in [0.25, 0.3) is 0 Å². The van der Waals surface area contributed by atoms with Crippen LogP contribution in [0.4, 0.5) is 0 Å². The molecule has 1 aromatic rings. The highest BCUT2D eigenvalue weighted by Gasteiger charge is 2.26. The van der Waals surface area contributed by atoms with Crippen LogP contribution in [0.5, 0.6) is 0 Å². The first-order valence-corrected chi connectivity index (χ1v) is 6.74. The molecule has 1 aliphatic heterocycles. The zero-order chi connectivity index (χ0) is 13.0. The van der Waals surface area contributed by atoms with Gasteiger partial charge in [-0.3, -0.25) is 4.90 Å². The van der Waals surface area contributed by atoms with Crippen LogP contribution in [0.15, 0.2) is 35.5 Å². The second-order valence-electron chi connectivity index (χ2n) is 5.21. The highest BCUT2D eigenvalue weighted by atomic mass is 16.4. The zero-order valence-electron chi connectivity index (χ0n) is 11.2. The highest BCUT2D eigenvalue weighted by molar-refractivity contribution is 6.01. The molecule has 1 aliphatic rings. The second kappa shape index (κ2) is 6.01. The van der Waals surface area contributed by atoms with E-state index < -0.39 is 0 Å². The smallest absolute Gasteiger partial charge is 0.101 e. The SMILES string of the molecule is CC1CCCC(C)N1C/C(=N/O)c1ccccc1. The van der Waals surface area contributed by atoms with Crippen LogP contribution < -0.4 is 0 Å². The quantitative estimate of drug-likeness (QED) is 0.505. The van der Waals surface area contributed by atoms with E-state index in [0.717, 1.165) is 17.8 Å². The molecule has 2 atom stereocenters. The Hall–Kier alpha value is -1.35. The summed E-state index contributed by atoms with van der Waals surface area (Å²) < 4.78 is 0. The molecule has 0 aromatic heterocycles. The second-order valence-corrected chi connectivity index (χ2v) is 5.21. The zero-order valence-corrected chi connectivity index (χ0v) is 11.2. The maximum absolute atomic E-state index is 9.24. The molecule has 1 aromatic carbocycles. The van der Waals surface area contributed by atoms with Gasteiger partial charge in [0.25, 0.3) is 0 Å². The van der Waals surface area contributed by atoms with Crippen LogP contribution >= 0.6 is 0 Å². The Balaban J connectivity index is 2.11. The minimum Gasteiger partial charge on any atom is -0.411 e. The van der Waals surface area contributed by atoms with Crippen molar-refractivity contribution < 1.29 is 5.21 Å². The van der Waals surface area contributed by atoms with Gasteiger partial charge >= 0.3 is 0 Å². The number of likely N-dealkylation sites (tertiary alicyclic amines) is 1. The lowest BCUT2D eigenvalue weighted by Gasteiger charge is -2.39.